The Kier molecular flexibility index (Phi) is 9.59. The third-order valence-corrected chi connectivity index (χ3v) is 3.86. The van der Waals surface area contributed by atoms with E-state index in [2.05, 4.69) is 5.32 Å². The number of hydrogen-bond acceptors (Lipinski definition) is 3. The number of carbonyl (C=O) groups is 2. The molecule has 1 rings (SSSR count). The summed E-state index contributed by atoms with van der Waals surface area (Å²) in [4.78, 5) is 25.4. The lowest BCUT2D eigenvalue weighted by molar-refractivity contribution is -0.137. The molecule has 0 heterocycles. The maximum absolute atomic E-state index is 12.3. The van der Waals surface area contributed by atoms with Gasteiger partial charge in [0.25, 0.3) is 0 Å². The van der Waals surface area contributed by atoms with Crippen molar-refractivity contribution in [1.29, 1.82) is 0 Å². The van der Waals surface area contributed by atoms with E-state index < -0.39 is 0 Å². The van der Waals surface area contributed by atoms with Crippen LogP contribution in [0.5, 0.6) is 0 Å². The first-order valence-corrected chi connectivity index (χ1v) is 7.32. The van der Waals surface area contributed by atoms with Gasteiger partial charge in [0.2, 0.25) is 11.8 Å². The standard InChI is InChI=1S/C14H27N3O2.ClH/c1-3-8-17(10-13(18)16-2)14(19)9-11-6-4-5-7-12(11)15;/h11-12H,3-10,15H2,1-2H3,(H,16,18);1H. The van der Waals surface area contributed by atoms with Crippen LogP contribution in [0.25, 0.3) is 0 Å². The first-order chi connectivity index (χ1) is 9.08. The molecule has 0 saturated heterocycles. The summed E-state index contributed by atoms with van der Waals surface area (Å²) in [7, 11) is 1.59. The fraction of sp³-hybridized carbons (Fsp3) is 0.857. The molecule has 2 unspecified atom stereocenters. The maximum atomic E-state index is 12.3. The zero-order chi connectivity index (χ0) is 14.3. The van der Waals surface area contributed by atoms with Gasteiger partial charge in [-0.15, -0.1) is 12.4 Å². The van der Waals surface area contributed by atoms with Crippen molar-refractivity contribution in [2.24, 2.45) is 11.7 Å². The van der Waals surface area contributed by atoms with Crippen LogP contribution in [0.2, 0.25) is 0 Å². The Morgan fingerprint density at radius 2 is 1.95 bits per heavy atom. The summed E-state index contributed by atoms with van der Waals surface area (Å²) in [5, 5.41) is 2.56. The highest BCUT2D eigenvalue weighted by molar-refractivity contribution is 5.85. The van der Waals surface area contributed by atoms with Gasteiger partial charge in [-0.2, -0.15) is 0 Å². The van der Waals surface area contributed by atoms with Gasteiger partial charge < -0.3 is 16.0 Å². The molecular formula is C14H28ClN3O2. The van der Waals surface area contributed by atoms with Gasteiger partial charge in [-0.3, -0.25) is 9.59 Å². The molecule has 2 atom stereocenters. The lowest BCUT2D eigenvalue weighted by atomic mass is 9.82. The number of amides is 2. The molecule has 118 valence electrons. The summed E-state index contributed by atoms with van der Waals surface area (Å²) < 4.78 is 0. The first-order valence-electron chi connectivity index (χ1n) is 7.32. The third-order valence-electron chi connectivity index (χ3n) is 3.86. The average Bonchev–Trinajstić information content (AvgIpc) is 2.40. The Morgan fingerprint density at radius 3 is 2.50 bits per heavy atom. The minimum absolute atomic E-state index is 0. The topological polar surface area (TPSA) is 75.4 Å². The van der Waals surface area contributed by atoms with Gasteiger partial charge in [-0.1, -0.05) is 19.8 Å². The van der Waals surface area contributed by atoms with Gasteiger partial charge in [0.1, 0.15) is 0 Å². The Hall–Kier alpha value is -0.810. The molecule has 2 amide bonds. The highest BCUT2D eigenvalue weighted by atomic mass is 35.5. The van der Waals surface area contributed by atoms with Crippen molar-refractivity contribution in [3.8, 4) is 0 Å². The van der Waals surface area contributed by atoms with Crippen molar-refractivity contribution >= 4 is 24.2 Å². The molecule has 1 aliphatic rings. The number of hydrogen-bond donors (Lipinski definition) is 2. The lowest BCUT2D eigenvalue weighted by Crippen LogP contribution is -2.43. The highest BCUT2D eigenvalue weighted by Gasteiger charge is 2.26. The van der Waals surface area contributed by atoms with Crippen molar-refractivity contribution in [2.75, 3.05) is 20.1 Å². The number of likely N-dealkylation sites (N-methyl/N-ethyl adjacent to an activating group) is 1. The molecule has 0 aromatic carbocycles. The van der Waals surface area contributed by atoms with Crippen LogP contribution in [0.3, 0.4) is 0 Å². The smallest absolute Gasteiger partial charge is 0.239 e. The SMILES string of the molecule is CCCN(CC(=O)NC)C(=O)CC1CCCCC1N.Cl. The van der Waals surface area contributed by atoms with Crippen LogP contribution in [0.4, 0.5) is 0 Å². The maximum Gasteiger partial charge on any atom is 0.239 e. The zero-order valence-corrected chi connectivity index (χ0v) is 13.4. The van der Waals surface area contributed by atoms with E-state index in [0.29, 0.717) is 13.0 Å². The van der Waals surface area contributed by atoms with E-state index in [1.807, 2.05) is 6.92 Å². The Bertz CT molecular complexity index is 313. The zero-order valence-electron chi connectivity index (χ0n) is 12.6. The monoisotopic (exact) mass is 305 g/mol. The van der Waals surface area contributed by atoms with E-state index in [0.717, 1.165) is 25.7 Å². The minimum Gasteiger partial charge on any atom is -0.358 e. The van der Waals surface area contributed by atoms with Crippen LogP contribution >= 0.6 is 12.4 Å². The molecular weight excluding hydrogens is 278 g/mol. The minimum atomic E-state index is -0.116. The van der Waals surface area contributed by atoms with E-state index in [1.54, 1.807) is 11.9 Å². The second-order valence-electron chi connectivity index (χ2n) is 5.40. The summed E-state index contributed by atoms with van der Waals surface area (Å²) in [5.41, 5.74) is 6.08. The van der Waals surface area contributed by atoms with E-state index in [-0.39, 0.29) is 42.7 Å². The first kappa shape index (κ1) is 19.2. The Balaban J connectivity index is 0.00000361. The highest BCUT2D eigenvalue weighted by Crippen LogP contribution is 2.26. The van der Waals surface area contributed by atoms with E-state index in [9.17, 15) is 9.59 Å². The Morgan fingerprint density at radius 1 is 1.30 bits per heavy atom. The lowest BCUT2D eigenvalue weighted by Gasteiger charge is -2.30. The number of rotatable bonds is 6. The van der Waals surface area contributed by atoms with Gasteiger partial charge in [0.05, 0.1) is 6.54 Å². The molecule has 0 aromatic rings. The van der Waals surface area contributed by atoms with E-state index in [4.69, 9.17) is 5.73 Å². The predicted octanol–water partition coefficient (Wildman–Crippen LogP) is 1.30. The molecule has 0 bridgehead atoms. The van der Waals surface area contributed by atoms with Gasteiger partial charge >= 0.3 is 0 Å². The average molecular weight is 306 g/mol. The molecule has 3 N–H and O–H groups in total. The summed E-state index contributed by atoms with van der Waals surface area (Å²) in [5.74, 6) is 0.229. The molecule has 1 saturated carbocycles. The normalized spacial score (nSPS) is 21.8. The summed E-state index contributed by atoms with van der Waals surface area (Å²) in [6.45, 7) is 2.80. The van der Waals surface area contributed by atoms with Crippen LogP contribution in [-0.2, 0) is 9.59 Å². The second kappa shape index (κ2) is 10.00. The van der Waals surface area contributed by atoms with Crippen LogP contribution in [-0.4, -0.2) is 42.9 Å². The fourth-order valence-corrected chi connectivity index (χ4v) is 2.66. The number of nitrogens with two attached hydrogens (primary N) is 1. The largest absolute Gasteiger partial charge is 0.358 e. The molecule has 0 radical (unpaired) electrons. The number of nitrogens with zero attached hydrogens (tertiary/aromatic N) is 1. The predicted molar refractivity (Wildman–Crippen MR) is 82.7 cm³/mol. The fourth-order valence-electron chi connectivity index (χ4n) is 2.66. The van der Waals surface area contributed by atoms with Gasteiger partial charge in [0, 0.05) is 26.1 Å². The van der Waals surface area contributed by atoms with Crippen LogP contribution in [0.1, 0.15) is 45.4 Å². The van der Waals surface area contributed by atoms with Gasteiger partial charge in [0.15, 0.2) is 0 Å². The molecule has 6 heteroatoms. The third kappa shape index (κ3) is 6.09. The summed E-state index contributed by atoms with van der Waals surface area (Å²) in [6, 6.07) is 0.140. The molecule has 0 aromatic heterocycles. The second-order valence-corrected chi connectivity index (χ2v) is 5.40. The van der Waals surface area contributed by atoms with E-state index in [1.165, 1.54) is 6.42 Å². The molecule has 0 aliphatic heterocycles. The molecule has 0 spiro atoms. The van der Waals surface area contributed by atoms with E-state index >= 15 is 0 Å². The van der Waals surface area contributed by atoms with Crippen molar-refractivity contribution in [3.63, 3.8) is 0 Å². The molecule has 1 aliphatic carbocycles. The Labute approximate surface area is 128 Å². The molecule has 1 fully saturated rings. The van der Waals surface area contributed by atoms with Crippen molar-refractivity contribution in [3.05, 3.63) is 0 Å². The van der Waals surface area contributed by atoms with Crippen LogP contribution in [0, 0.1) is 5.92 Å². The van der Waals surface area contributed by atoms with Crippen molar-refractivity contribution in [2.45, 2.75) is 51.5 Å². The van der Waals surface area contributed by atoms with Crippen LogP contribution < -0.4 is 11.1 Å². The number of nitrogens with one attached hydrogen (secondary N) is 1. The quantitative estimate of drug-likeness (QED) is 0.776. The summed E-state index contributed by atoms with van der Waals surface area (Å²) in [6.07, 6.45) is 5.73. The van der Waals surface area contributed by atoms with Crippen molar-refractivity contribution < 1.29 is 9.59 Å². The number of carbonyl (C=O) groups excluding carboxylic acids is 2. The van der Waals surface area contributed by atoms with Crippen LogP contribution in [0.15, 0.2) is 0 Å². The van der Waals surface area contributed by atoms with Gasteiger partial charge in [-0.25, -0.2) is 0 Å². The molecule has 5 nitrogen and oxygen atoms in total. The van der Waals surface area contributed by atoms with Gasteiger partial charge in [-0.05, 0) is 25.2 Å². The molecule has 20 heavy (non-hydrogen) atoms. The van der Waals surface area contributed by atoms with Crippen molar-refractivity contribution in [1.82, 2.24) is 10.2 Å². The number of halogens is 1. The summed E-state index contributed by atoms with van der Waals surface area (Å²) >= 11 is 0.